The molecule has 1 aromatic rings. The maximum absolute atomic E-state index is 12.4. The van der Waals surface area contributed by atoms with Gasteiger partial charge >= 0.3 is 5.97 Å². The van der Waals surface area contributed by atoms with Gasteiger partial charge in [0.2, 0.25) is 0 Å². The van der Waals surface area contributed by atoms with Gasteiger partial charge in [-0.3, -0.25) is 9.59 Å². The summed E-state index contributed by atoms with van der Waals surface area (Å²) in [5.74, 6) is -0.405. The highest BCUT2D eigenvalue weighted by atomic mass is 16.5. The molecule has 1 aliphatic rings. The second-order valence-electron chi connectivity index (χ2n) is 5.59. The van der Waals surface area contributed by atoms with Crippen molar-refractivity contribution in [3.63, 3.8) is 0 Å². The average molecular weight is 291 g/mol. The number of amides is 1. The summed E-state index contributed by atoms with van der Waals surface area (Å²) in [7, 11) is 1.57. The molecule has 0 saturated heterocycles. The first kappa shape index (κ1) is 15.4. The van der Waals surface area contributed by atoms with Crippen LogP contribution in [-0.2, 0) is 4.79 Å². The van der Waals surface area contributed by atoms with Crippen molar-refractivity contribution in [2.75, 3.05) is 7.11 Å². The maximum Gasteiger partial charge on any atom is 0.305 e. The predicted molar refractivity (Wildman–Crippen MR) is 78.5 cm³/mol. The molecule has 0 atom stereocenters. The van der Waals surface area contributed by atoms with E-state index in [0.29, 0.717) is 11.3 Å². The molecule has 2 rings (SSSR count). The van der Waals surface area contributed by atoms with Crippen LogP contribution in [0.5, 0.6) is 5.75 Å². The summed E-state index contributed by atoms with van der Waals surface area (Å²) in [6.45, 7) is 0. The Labute approximate surface area is 124 Å². The summed E-state index contributed by atoms with van der Waals surface area (Å²) in [5.41, 5.74) is -0.0905. The Hall–Kier alpha value is -2.04. The number of ether oxygens (including phenoxy) is 1. The second kappa shape index (κ2) is 6.61. The van der Waals surface area contributed by atoms with Gasteiger partial charge in [-0.05, 0) is 37.1 Å². The highest BCUT2D eigenvalue weighted by molar-refractivity contribution is 5.95. The molecule has 1 saturated carbocycles. The van der Waals surface area contributed by atoms with E-state index in [-0.39, 0.29) is 12.3 Å². The van der Waals surface area contributed by atoms with Crippen LogP contribution in [0.25, 0.3) is 0 Å². The number of carboxylic acid groups (broad SMARTS) is 1. The highest BCUT2D eigenvalue weighted by Gasteiger charge is 2.35. The van der Waals surface area contributed by atoms with Gasteiger partial charge in [0.25, 0.3) is 5.91 Å². The number of hydrogen-bond acceptors (Lipinski definition) is 3. The van der Waals surface area contributed by atoms with Crippen molar-refractivity contribution in [3.05, 3.63) is 29.8 Å². The van der Waals surface area contributed by atoms with E-state index in [1.807, 2.05) is 0 Å². The molecule has 5 heteroatoms. The van der Waals surface area contributed by atoms with Crippen LogP contribution in [0.4, 0.5) is 0 Å². The van der Waals surface area contributed by atoms with Gasteiger partial charge in [-0.15, -0.1) is 0 Å². The number of carbonyl (C=O) groups excluding carboxylic acids is 1. The summed E-state index contributed by atoms with van der Waals surface area (Å²) in [5, 5.41) is 12.1. The molecule has 0 radical (unpaired) electrons. The topological polar surface area (TPSA) is 75.6 Å². The third kappa shape index (κ3) is 3.97. The average Bonchev–Trinajstić information content (AvgIpc) is 2.47. The van der Waals surface area contributed by atoms with Gasteiger partial charge in [0.1, 0.15) is 5.75 Å². The normalized spacial score (nSPS) is 17.0. The number of hydrogen-bond donors (Lipinski definition) is 2. The highest BCUT2D eigenvalue weighted by Crippen LogP contribution is 2.31. The fourth-order valence-corrected chi connectivity index (χ4v) is 2.92. The smallest absolute Gasteiger partial charge is 0.305 e. The number of methoxy groups -OCH3 is 1. The van der Waals surface area contributed by atoms with Gasteiger partial charge in [-0.2, -0.15) is 0 Å². The second-order valence-corrected chi connectivity index (χ2v) is 5.59. The van der Waals surface area contributed by atoms with Crippen LogP contribution < -0.4 is 10.1 Å². The minimum Gasteiger partial charge on any atom is -0.497 e. The Bertz CT molecular complexity index is 504. The number of carboxylic acids is 1. The van der Waals surface area contributed by atoms with Crippen LogP contribution in [0.1, 0.15) is 48.9 Å². The van der Waals surface area contributed by atoms with Gasteiger partial charge in [-0.25, -0.2) is 0 Å². The van der Waals surface area contributed by atoms with Crippen molar-refractivity contribution >= 4 is 11.9 Å². The Morgan fingerprint density at radius 3 is 2.33 bits per heavy atom. The van der Waals surface area contributed by atoms with Crippen LogP contribution in [0.3, 0.4) is 0 Å². The van der Waals surface area contributed by atoms with Crippen molar-refractivity contribution in [1.82, 2.24) is 5.32 Å². The van der Waals surface area contributed by atoms with Gasteiger partial charge in [0, 0.05) is 5.56 Å². The zero-order chi connectivity index (χ0) is 15.3. The summed E-state index contributed by atoms with van der Waals surface area (Å²) >= 11 is 0. The molecule has 0 heterocycles. The van der Waals surface area contributed by atoms with E-state index >= 15 is 0 Å². The molecule has 2 N–H and O–H groups in total. The lowest BCUT2D eigenvalue weighted by Gasteiger charge is -2.37. The van der Waals surface area contributed by atoms with E-state index in [1.165, 1.54) is 0 Å². The van der Waals surface area contributed by atoms with E-state index < -0.39 is 11.5 Å². The van der Waals surface area contributed by atoms with E-state index in [4.69, 9.17) is 9.84 Å². The van der Waals surface area contributed by atoms with Gasteiger partial charge in [0.05, 0.1) is 19.1 Å². The maximum atomic E-state index is 12.4. The minimum absolute atomic E-state index is 0.0190. The first-order valence-electron chi connectivity index (χ1n) is 7.23. The molecular formula is C16H21NO4. The minimum atomic E-state index is -0.869. The summed E-state index contributed by atoms with van der Waals surface area (Å²) < 4.78 is 5.06. The molecule has 21 heavy (non-hydrogen) atoms. The van der Waals surface area contributed by atoms with Crippen LogP contribution in [0, 0.1) is 0 Å². The van der Waals surface area contributed by atoms with Crippen LogP contribution >= 0.6 is 0 Å². The Morgan fingerprint density at radius 1 is 1.19 bits per heavy atom. The molecule has 0 unspecified atom stereocenters. The third-order valence-corrected chi connectivity index (χ3v) is 4.03. The van der Waals surface area contributed by atoms with Crippen LogP contribution in [-0.4, -0.2) is 29.6 Å². The zero-order valence-electron chi connectivity index (χ0n) is 12.2. The van der Waals surface area contributed by atoms with Gasteiger partial charge < -0.3 is 15.2 Å². The third-order valence-electron chi connectivity index (χ3n) is 4.03. The molecular weight excluding hydrogens is 270 g/mol. The zero-order valence-corrected chi connectivity index (χ0v) is 12.2. The van der Waals surface area contributed by atoms with Crippen molar-refractivity contribution in [1.29, 1.82) is 0 Å². The molecule has 114 valence electrons. The first-order valence-corrected chi connectivity index (χ1v) is 7.23. The van der Waals surface area contributed by atoms with Crippen molar-refractivity contribution in [2.45, 2.75) is 44.1 Å². The monoisotopic (exact) mass is 291 g/mol. The van der Waals surface area contributed by atoms with E-state index in [9.17, 15) is 9.59 Å². The lowest BCUT2D eigenvalue weighted by molar-refractivity contribution is -0.139. The molecule has 1 aromatic carbocycles. The Morgan fingerprint density at radius 2 is 1.81 bits per heavy atom. The van der Waals surface area contributed by atoms with Crippen molar-refractivity contribution in [3.8, 4) is 5.75 Å². The van der Waals surface area contributed by atoms with E-state index in [2.05, 4.69) is 5.32 Å². The number of aliphatic carboxylic acids is 1. The van der Waals surface area contributed by atoms with E-state index in [0.717, 1.165) is 32.1 Å². The summed E-state index contributed by atoms with van der Waals surface area (Å²) in [6, 6.07) is 6.82. The fourth-order valence-electron chi connectivity index (χ4n) is 2.92. The molecule has 0 bridgehead atoms. The quantitative estimate of drug-likeness (QED) is 0.874. The molecule has 1 aliphatic carbocycles. The predicted octanol–water partition coefficient (Wildman–Crippen LogP) is 2.60. The van der Waals surface area contributed by atoms with Crippen molar-refractivity contribution in [2.24, 2.45) is 0 Å². The van der Waals surface area contributed by atoms with Crippen molar-refractivity contribution < 1.29 is 19.4 Å². The largest absolute Gasteiger partial charge is 0.497 e. The van der Waals surface area contributed by atoms with Crippen LogP contribution in [0.2, 0.25) is 0 Å². The first-order chi connectivity index (χ1) is 10.0. The lowest BCUT2D eigenvalue weighted by atomic mass is 9.79. The molecule has 0 aliphatic heterocycles. The SMILES string of the molecule is COc1ccc(C(=O)NC2(CC(=O)O)CCCCC2)cc1. The molecule has 0 spiro atoms. The number of carbonyl (C=O) groups is 2. The van der Waals surface area contributed by atoms with E-state index in [1.54, 1.807) is 31.4 Å². The standard InChI is InChI=1S/C16H21NO4/c1-21-13-7-5-12(6-8-13)15(20)17-16(11-14(18)19)9-3-2-4-10-16/h5-8H,2-4,9-11H2,1H3,(H,17,20)(H,18,19). The molecule has 1 fully saturated rings. The number of nitrogens with one attached hydrogen (secondary N) is 1. The number of benzene rings is 1. The summed E-state index contributed by atoms with van der Waals surface area (Å²) in [4.78, 5) is 23.5. The fraction of sp³-hybridized carbons (Fsp3) is 0.500. The van der Waals surface area contributed by atoms with Gasteiger partial charge in [-0.1, -0.05) is 19.3 Å². The lowest BCUT2D eigenvalue weighted by Crippen LogP contribution is -2.51. The number of rotatable bonds is 5. The van der Waals surface area contributed by atoms with Gasteiger partial charge in [0.15, 0.2) is 0 Å². The Kier molecular flexibility index (Phi) is 4.83. The van der Waals surface area contributed by atoms with Crippen LogP contribution in [0.15, 0.2) is 24.3 Å². The molecule has 1 amide bonds. The molecule has 0 aromatic heterocycles. The summed E-state index contributed by atoms with van der Waals surface area (Å²) in [6.07, 6.45) is 4.43. The Balaban J connectivity index is 2.11. The molecule has 5 nitrogen and oxygen atoms in total.